The standard InChI is InChI=1S/C23H34N2O/c1-25(24)19-9-4-2-3-5-10-20-26-23-17-15-22(16-18-23)14-13-21-11-7-6-8-12-21/h6-8,11-12,15-18H,2-5,9-10,13-14,19-20,24H2,1H3. The predicted molar refractivity (Wildman–Crippen MR) is 110 cm³/mol. The van der Waals surface area contributed by atoms with Crippen molar-refractivity contribution in [1.82, 2.24) is 5.01 Å². The molecule has 0 saturated carbocycles. The van der Waals surface area contributed by atoms with Crippen molar-refractivity contribution in [1.29, 1.82) is 0 Å². The van der Waals surface area contributed by atoms with Crippen molar-refractivity contribution in [3.8, 4) is 5.75 Å². The molecule has 0 aromatic heterocycles. The van der Waals surface area contributed by atoms with Crippen molar-refractivity contribution in [2.24, 2.45) is 5.84 Å². The molecule has 0 atom stereocenters. The molecule has 0 radical (unpaired) electrons. The number of hydrogen-bond donors (Lipinski definition) is 1. The molecule has 0 aliphatic heterocycles. The molecule has 0 amide bonds. The van der Waals surface area contributed by atoms with E-state index in [-0.39, 0.29) is 0 Å². The monoisotopic (exact) mass is 354 g/mol. The van der Waals surface area contributed by atoms with Gasteiger partial charge in [-0.15, -0.1) is 0 Å². The summed E-state index contributed by atoms with van der Waals surface area (Å²) in [4.78, 5) is 0. The van der Waals surface area contributed by atoms with Crippen LogP contribution in [-0.2, 0) is 12.8 Å². The van der Waals surface area contributed by atoms with E-state index in [1.807, 2.05) is 7.05 Å². The number of benzene rings is 2. The van der Waals surface area contributed by atoms with Gasteiger partial charge in [0.1, 0.15) is 5.75 Å². The minimum absolute atomic E-state index is 0.814. The van der Waals surface area contributed by atoms with E-state index in [1.54, 1.807) is 5.01 Å². The van der Waals surface area contributed by atoms with E-state index in [9.17, 15) is 0 Å². The summed E-state index contributed by atoms with van der Waals surface area (Å²) in [7, 11) is 1.92. The first-order chi connectivity index (χ1) is 12.7. The number of rotatable bonds is 13. The number of nitrogens with two attached hydrogens (primary N) is 1. The molecule has 3 heteroatoms. The zero-order valence-corrected chi connectivity index (χ0v) is 16.2. The van der Waals surface area contributed by atoms with Crippen molar-refractivity contribution >= 4 is 0 Å². The van der Waals surface area contributed by atoms with E-state index in [4.69, 9.17) is 10.6 Å². The van der Waals surface area contributed by atoms with E-state index in [0.29, 0.717) is 0 Å². The Morgan fingerprint density at radius 2 is 1.31 bits per heavy atom. The normalized spacial score (nSPS) is 11.0. The molecule has 0 spiro atoms. The maximum absolute atomic E-state index is 5.86. The van der Waals surface area contributed by atoms with Crippen LogP contribution in [0.2, 0.25) is 0 Å². The summed E-state index contributed by atoms with van der Waals surface area (Å²) in [5, 5.41) is 1.76. The van der Waals surface area contributed by atoms with E-state index in [1.165, 1.54) is 43.2 Å². The van der Waals surface area contributed by atoms with Crippen LogP contribution < -0.4 is 10.6 Å². The smallest absolute Gasteiger partial charge is 0.119 e. The topological polar surface area (TPSA) is 38.5 Å². The molecule has 0 aliphatic carbocycles. The van der Waals surface area contributed by atoms with Crippen LogP contribution in [0.5, 0.6) is 5.75 Å². The predicted octanol–water partition coefficient (Wildman–Crippen LogP) is 5.00. The SMILES string of the molecule is CN(N)CCCCCCCCOc1ccc(CCc2ccccc2)cc1. The highest BCUT2D eigenvalue weighted by molar-refractivity contribution is 5.28. The first-order valence-electron chi connectivity index (χ1n) is 9.95. The fourth-order valence-corrected chi connectivity index (χ4v) is 3.05. The minimum Gasteiger partial charge on any atom is -0.494 e. The van der Waals surface area contributed by atoms with Gasteiger partial charge in [-0.2, -0.15) is 0 Å². The molecule has 2 N–H and O–H groups in total. The third-order valence-corrected chi connectivity index (χ3v) is 4.64. The van der Waals surface area contributed by atoms with Gasteiger partial charge >= 0.3 is 0 Å². The zero-order valence-electron chi connectivity index (χ0n) is 16.2. The van der Waals surface area contributed by atoms with Crippen molar-refractivity contribution in [3.63, 3.8) is 0 Å². The second-order valence-corrected chi connectivity index (χ2v) is 7.08. The summed E-state index contributed by atoms with van der Waals surface area (Å²) in [6.07, 6.45) is 9.58. The van der Waals surface area contributed by atoms with Gasteiger partial charge in [-0.1, -0.05) is 68.1 Å². The zero-order chi connectivity index (χ0) is 18.5. The van der Waals surface area contributed by atoms with Gasteiger partial charge < -0.3 is 4.74 Å². The van der Waals surface area contributed by atoms with Gasteiger partial charge in [0.2, 0.25) is 0 Å². The van der Waals surface area contributed by atoms with Gasteiger partial charge in [-0.25, -0.2) is 0 Å². The third-order valence-electron chi connectivity index (χ3n) is 4.64. The molecule has 2 aromatic carbocycles. The Bertz CT molecular complexity index is 581. The molecule has 0 fully saturated rings. The van der Waals surface area contributed by atoms with Crippen molar-refractivity contribution < 1.29 is 4.74 Å². The number of unbranched alkanes of at least 4 members (excludes halogenated alkanes) is 5. The van der Waals surface area contributed by atoms with Gasteiger partial charge in [0.15, 0.2) is 0 Å². The minimum atomic E-state index is 0.814. The lowest BCUT2D eigenvalue weighted by Gasteiger charge is -2.09. The fourth-order valence-electron chi connectivity index (χ4n) is 3.05. The van der Waals surface area contributed by atoms with Crippen LogP contribution in [0.4, 0.5) is 0 Å². The molecule has 2 aromatic rings. The van der Waals surface area contributed by atoms with Crippen LogP contribution >= 0.6 is 0 Å². The molecule has 0 heterocycles. The number of aryl methyl sites for hydroxylation is 2. The van der Waals surface area contributed by atoms with Gasteiger partial charge in [-0.3, -0.25) is 10.9 Å². The number of hydrogen-bond acceptors (Lipinski definition) is 3. The van der Waals surface area contributed by atoms with Gasteiger partial charge in [0.05, 0.1) is 6.61 Å². The molecule has 3 nitrogen and oxygen atoms in total. The molecule has 2 rings (SSSR count). The lowest BCUT2D eigenvalue weighted by molar-refractivity contribution is 0.303. The third kappa shape index (κ3) is 9.02. The van der Waals surface area contributed by atoms with E-state index < -0.39 is 0 Å². The molecule has 0 aliphatic rings. The Morgan fingerprint density at radius 1 is 0.731 bits per heavy atom. The molecule has 0 unspecified atom stereocenters. The number of hydrazine groups is 1. The summed E-state index contributed by atoms with van der Waals surface area (Å²) in [5.74, 6) is 6.58. The lowest BCUT2D eigenvalue weighted by Crippen LogP contribution is -2.26. The second-order valence-electron chi connectivity index (χ2n) is 7.08. The van der Waals surface area contributed by atoms with Crippen LogP contribution in [0, 0.1) is 0 Å². The first-order valence-corrected chi connectivity index (χ1v) is 9.95. The summed E-state index contributed by atoms with van der Waals surface area (Å²) < 4.78 is 5.86. The molecular weight excluding hydrogens is 320 g/mol. The van der Waals surface area contributed by atoms with Crippen LogP contribution in [0.1, 0.15) is 49.7 Å². The highest BCUT2D eigenvalue weighted by atomic mass is 16.5. The first kappa shape index (κ1) is 20.5. The fraction of sp³-hybridized carbons (Fsp3) is 0.478. The Balaban J connectivity index is 1.52. The quantitative estimate of drug-likeness (QED) is 0.313. The summed E-state index contributed by atoms with van der Waals surface area (Å²) in [6, 6.07) is 19.2. The van der Waals surface area contributed by atoms with Crippen LogP contribution in [-0.4, -0.2) is 25.2 Å². The van der Waals surface area contributed by atoms with Crippen LogP contribution in [0.15, 0.2) is 54.6 Å². The highest BCUT2D eigenvalue weighted by Crippen LogP contribution is 2.15. The Morgan fingerprint density at radius 3 is 1.96 bits per heavy atom. The van der Waals surface area contributed by atoms with E-state index in [2.05, 4.69) is 54.6 Å². The molecule has 0 saturated heterocycles. The largest absolute Gasteiger partial charge is 0.494 e. The van der Waals surface area contributed by atoms with Crippen LogP contribution in [0.25, 0.3) is 0 Å². The van der Waals surface area contributed by atoms with Crippen molar-refractivity contribution in [2.75, 3.05) is 20.2 Å². The maximum atomic E-state index is 5.86. The van der Waals surface area contributed by atoms with Gasteiger partial charge in [0.25, 0.3) is 0 Å². The molecule has 0 bridgehead atoms. The average Bonchev–Trinajstić information content (AvgIpc) is 2.66. The highest BCUT2D eigenvalue weighted by Gasteiger charge is 1.98. The Hall–Kier alpha value is -1.84. The van der Waals surface area contributed by atoms with Crippen LogP contribution in [0.3, 0.4) is 0 Å². The lowest BCUT2D eigenvalue weighted by atomic mass is 10.0. The second kappa shape index (κ2) is 12.5. The van der Waals surface area contributed by atoms with Crippen molar-refractivity contribution in [3.05, 3.63) is 65.7 Å². The average molecular weight is 355 g/mol. The Kier molecular flexibility index (Phi) is 9.84. The molecule has 26 heavy (non-hydrogen) atoms. The van der Waals surface area contributed by atoms with Crippen molar-refractivity contribution in [2.45, 2.75) is 51.4 Å². The molecular formula is C23H34N2O. The summed E-state index contributed by atoms with van der Waals surface area (Å²) in [6.45, 7) is 1.80. The number of nitrogens with zero attached hydrogens (tertiary/aromatic N) is 1. The van der Waals surface area contributed by atoms with E-state index in [0.717, 1.165) is 38.2 Å². The van der Waals surface area contributed by atoms with Gasteiger partial charge in [0, 0.05) is 13.6 Å². The Labute approximate surface area is 159 Å². The van der Waals surface area contributed by atoms with E-state index >= 15 is 0 Å². The number of ether oxygens (including phenoxy) is 1. The summed E-state index contributed by atoms with van der Waals surface area (Å²) in [5.41, 5.74) is 2.76. The maximum Gasteiger partial charge on any atom is 0.119 e. The molecule has 142 valence electrons. The van der Waals surface area contributed by atoms with Gasteiger partial charge in [-0.05, 0) is 48.9 Å². The summed E-state index contributed by atoms with van der Waals surface area (Å²) >= 11 is 0.